The van der Waals surface area contributed by atoms with Crippen molar-refractivity contribution in [3.8, 4) is 0 Å². The zero-order valence-electron chi connectivity index (χ0n) is 14.8. The first-order chi connectivity index (χ1) is 10.2. The molecule has 3 heteroatoms. The molecule has 0 aliphatic carbocycles. The molecule has 0 amide bonds. The van der Waals surface area contributed by atoms with E-state index in [2.05, 4.69) is 50.7 Å². The minimum atomic E-state index is 0.582. The van der Waals surface area contributed by atoms with Gasteiger partial charge >= 0.3 is 0 Å². The van der Waals surface area contributed by atoms with Crippen LogP contribution in [0, 0.1) is 5.92 Å². The van der Waals surface area contributed by atoms with Crippen LogP contribution in [0.4, 0.5) is 0 Å². The normalized spacial score (nSPS) is 14.3. The summed E-state index contributed by atoms with van der Waals surface area (Å²) in [5.41, 5.74) is 2.62. The van der Waals surface area contributed by atoms with Crippen LogP contribution < -0.4 is 5.32 Å². The molecule has 1 aromatic heterocycles. The number of nitrogens with zero attached hydrogens (tertiary/aromatic N) is 2. The molecule has 1 rings (SSSR count). The smallest absolute Gasteiger partial charge is 0.0624 e. The van der Waals surface area contributed by atoms with Crippen molar-refractivity contribution in [1.29, 1.82) is 0 Å². The standard InChI is InChI=1S/C18H35N3/c1-6-11-12-15(7-2)18(19-9-4)14-17-13-16(8-3)20-21(17)10-5/h13,15,18-19H,6-12,14H2,1-5H3. The fourth-order valence-electron chi connectivity index (χ4n) is 3.17. The molecule has 122 valence electrons. The second kappa shape index (κ2) is 9.99. The SMILES string of the molecule is CCCCC(CC)C(Cc1cc(CC)nn1CC)NCC. The molecular weight excluding hydrogens is 258 g/mol. The summed E-state index contributed by atoms with van der Waals surface area (Å²) in [6.45, 7) is 13.2. The molecule has 0 fully saturated rings. The van der Waals surface area contributed by atoms with Gasteiger partial charge < -0.3 is 5.32 Å². The van der Waals surface area contributed by atoms with E-state index in [0.29, 0.717) is 6.04 Å². The Bertz CT molecular complexity index is 384. The number of hydrogen-bond acceptors (Lipinski definition) is 2. The molecule has 1 N–H and O–H groups in total. The van der Waals surface area contributed by atoms with Gasteiger partial charge in [-0.2, -0.15) is 5.10 Å². The lowest BCUT2D eigenvalue weighted by Crippen LogP contribution is -2.38. The number of likely N-dealkylation sites (N-methyl/N-ethyl adjacent to an activating group) is 1. The third-order valence-corrected chi connectivity index (χ3v) is 4.49. The van der Waals surface area contributed by atoms with Crippen molar-refractivity contribution in [2.45, 2.75) is 85.7 Å². The van der Waals surface area contributed by atoms with Gasteiger partial charge in [0.05, 0.1) is 5.69 Å². The molecule has 0 radical (unpaired) electrons. The van der Waals surface area contributed by atoms with Crippen LogP contribution in [0.2, 0.25) is 0 Å². The molecule has 0 aliphatic heterocycles. The van der Waals surface area contributed by atoms with E-state index in [1.165, 1.54) is 37.1 Å². The van der Waals surface area contributed by atoms with Crippen molar-refractivity contribution in [1.82, 2.24) is 15.1 Å². The zero-order valence-corrected chi connectivity index (χ0v) is 14.8. The second-order valence-electron chi connectivity index (χ2n) is 5.98. The summed E-state index contributed by atoms with van der Waals surface area (Å²) >= 11 is 0. The van der Waals surface area contributed by atoms with Gasteiger partial charge in [-0.3, -0.25) is 4.68 Å². The van der Waals surface area contributed by atoms with E-state index >= 15 is 0 Å². The highest BCUT2D eigenvalue weighted by atomic mass is 15.3. The van der Waals surface area contributed by atoms with Crippen LogP contribution in [0.5, 0.6) is 0 Å². The second-order valence-corrected chi connectivity index (χ2v) is 5.98. The van der Waals surface area contributed by atoms with Crippen molar-refractivity contribution < 1.29 is 0 Å². The van der Waals surface area contributed by atoms with Gasteiger partial charge in [-0.1, -0.05) is 47.0 Å². The number of rotatable bonds is 11. The lowest BCUT2D eigenvalue weighted by molar-refractivity contribution is 0.314. The van der Waals surface area contributed by atoms with Crippen LogP contribution in [-0.2, 0) is 19.4 Å². The molecule has 0 aromatic carbocycles. The zero-order chi connectivity index (χ0) is 15.7. The van der Waals surface area contributed by atoms with E-state index in [9.17, 15) is 0 Å². The van der Waals surface area contributed by atoms with Crippen LogP contribution in [0.25, 0.3) is 0 Å². The Morgan fingerprint density at radius 1 is 1.19 bits per heavy atom. The van der Waals surface area contributed by atoms with Crippen molar-refractivity contribution in [3.05, 3.63) is 17.5 Å². The topological polar surface area (TPSA) is 29.9 Å². The van der Waals surface area contributed by atoms with Crippen molar-refractivity contribution in [2.24, 2.45) is 5.92 Å². The van der Waals surface area contributed by atoms with Gasteiger partial charge in [-0.25, -0.2) is 0 Å². The Kier molecular flexibility index (Phi) is 8.67. The lowest BCUT2D eigenvalue weighted by Gasteiger charge is -2.27. The average Bonchev–Trinajstić information content (AvgIpc) is 2.90. The van der Waals surface area contributed by atoms with Crippen molar-refractivity contribution >= 4 is 0 Å². The summed E-state index contributed by atoms with van der Waals surface area (Å²) in [6.07, 6.45) is 7.37. The minimum Gasteiger partial charge on any atom is -0.314 e. The number of nitrogens with one attached hydrogen (secondary N) is 1. The summed E-state index contributed by atoms with van der Waals surface area (Å²) in [5.74, 6) is 0.773. The number of unbranched alkanes of at least 4 members (excludes halogenated alkanes) is 1. The monoisotopic (exact) mass is 293 g/mol. The van der Waals surface area contributed by atoms with E-state index in [4.69, 9.17) is 5.10 Å². The largest absolute Gasteiger partial charge is 0.314 e. The van der Waals surface area contributed by atoms with Gasteiger partial charge in [-0.15, -0.1) is 0 Å². The quantitative estimate of drug-likeness (QED) is 0.662. The molecule has 3 nitrogen and oxygen atoms in total. The lowest BCUT2D eigenvalue weighted by atomic mass is 9.88. The number of hydrogen-bond donors (Lipinski definition) is 1. The summed E-state index contributed by atoms with van der Waals surface area (Å²) in [5, 5.41) is 8.43. The van der Waals surface area contributed by atoms with Crippen molar-refractivity contribution in [2.75, 3.05) is 6.54 Å². The molecule has 0 aliphatic rings. The third-order valence-electron chi connectivity index (χ3n) is 4.49. The van der Waals surface area contributed by atoms with Gasteiger partial charge in [0.15, 0.2) is 0 Å². The van der Waals surface area contributed by atoms with E-state index < -0.39 is 0 Å². The van der Waals surface area contributed by atoms with E-state index in [1.807, 2.05) is 0 Å². The molecule has 1 aromatic rings. The molecule has 0 spiro atoms. The maximum atomic E-state index is 4.70. The fraction of sp³-hybridized carbons (Fsp3) is 0.833. The summed E-state index contributed by atoms with van der Waals surface area (Å²) in [7, 11) is 0. The Hall–Kier alpha value is -0.830. The first-order valence-electron chi connectivity index (χ1n) is 8.98. The van der Waals surface area contributed by atoms with Gasteiger partial charge in [0.1, 0.15) is 0 Å². The Labute approximate surface area is 131 Å². The van der Waals surface area contributed by atoms with E-state index in [0.717, 1.165) is 31.8 Å². The highest BCUT2D eigenvalue weighted by Gasteiger charge is 2.21. The summed E-state index contributed by atoms with van der Waals surface area (Å²) in [4.78, 5) is 0. The minimum absolute atomic E-state index is 0.582. The Morgan fingerprint density at radius 3 is 2.48 bits per heavy atom. The number of aryl methyl sites for hydroxylation is 2. The summed E-state index contributed by atoms with van der Waals surface area (Å²) in [6, 6.07) is 2.89. The fourth-order valence-corrected chi connectivity index (χ4v) is 3.17. The van der Waals surface area contributed by atoms with Gasteiger partial charge in [0.25, 0.3) is 0 Å². The van der Waals surface area contributed by atoms with Crippen LogP contribution in [0.15, 0.2) is 6.07 Å². The predicted octanol–water partition coefficient (Wildman–Crippen LogP) is 4.20. The highest BCUT2D eigenvalue weighted by Crippen LogP contribution is 2.21. The average molecular weight is 293 g/mol. The summed E-state index contributed by atoms with van der Waals surface area (Å²) < 4.78 is 2.19. The molecular formula is C18H35N3. The first kappa shape index (κ1) is 18.2. The first-order valence-corrected chi connectivity index (χ1v) is 8.98. The Morgan fingerprint density at radius 2 is 1.95 bits per heavy atom. The molecule has 2 unspecified atom stereocenters. The molecule has 0 saturated carbocycles. The third kappa shape index (κ3) is 5.46. The van der Waals surface area contributed by atoms with Crippen LogP contribution in [0.3, 0.4) is 0 Å². The van der Waals surface area contributed by atoms with Crippen LogP contribution in [0.1, 0.15) is 71.7 Å². The molecule has 21 heavy (non-hydrogen) atoms. The van der Waals surface area contributed by atoms with E-state index in [-0.39, 0.29) is 0 Å². The highest BCUT2D eigenvalue weighted by molar-refractivity contribution is 5.12. The van der Waals surface area contributed by atoms with Gasteiger partial charge in [-0.05, 0) is 38.3 Å². The van der Waals surface area contributed by atoms with Crippen LogP contribution in [-0.4, -0.2) is 22.4 Å². The molecule has 2 atom stereocenters. The van der Waals surface area contributed by atoms with Crippen LogP contribution >= 0.6 is 0 Å². The Balaban J connectivity index is 2.82. The van der Waals surface area contributed by atoms with E-state index in [1.54, 1.807) is 0 Å². The predicted molar refractivity (Wildman–Crippen MR) is 91.8 cm³/mol. The maximum absolute atomic E-state index is 4.70. The molecule has 0 saturated heterocycles. The van der Waals surface area contributed by atoms with Gasteiger partial charge in [0, 0.05) is 24.7 Å². The van der Waals surface area contributed by atoms with Gasteiger partial charge in [0.2, 0.25) is 0 Å². The number of aromatic nitrogens is 2. The molecule has 0 bridgehead atoms. The molecule has 1 heterocycles. The maximum Gasteiger partial charge on any atom is 0.0624 e. The van der Waals surface area contributed by atoms with Crippen molar-refractivity contribution in [3.63, 3.8) is 0 Å².